The van der Waals surface area contributed by atoms with Crippen LogP contribution in [0.4, 0.5) is 5.69 Å². The first-order valence-corrected chi connectivity index (χ1v) is 6.04. The summed E-state index contributed by atoms with van der Waals surface area (Å²) in [6.07, 6.45) is 1.78. The molecule has 1 unspecified atom stereocenters. The Morgan fingerprint density at radius 2 is 2.17 bits per heavy atom. The monoisotopic (exact) mass is 248 g/mol. The van der Waals surface area contributed by atoms with Gasteiger partial charge in [0, 0.05) is 17.2 Å². The average Bonchev–Trinajstić information content (AvgIpc) is 2.84. The molecule has 0 amide bonds. The van der Waals surface area contributed by atoms with Crippen LogP contribution in [0.3, 0.4) is 0 Å². The molecule has 1 saturated heterocycles. The molecule has 1 aliphatic rings. The van der Waals surface area contributed by atoms with Crippen LogP contribution < -0.4 is 5.32 Å². The van der Waals surface area contributed by atoms with Crippen LogP contribution in [-0.4, -0.2) is 23.3 Å². The molecule has 1 aromatic carbocycles. The molecule has 0 radical (unpaired) electrons. The van der Waals surface area contributed by atoms with Crippen LogP contribution in [0, 0.1) is 24.0 Å². The summed E-state index contributed by atoms with van der Waals surface area (Å²) >= 11 is 0. The van der Waals surface area contributed by atoms with Gasteiger partial charge in [0.1, 0.15) is 0 Å². The first-order valence-electron chi connectivity index (χ1n) is 6.04. The molecule has 5 nitrogen and oxygen atoms in total. The summed E-state index contributed by atoms with van der Waals surface area (Å²) in [5.74, 6) is -0.0429. The number of aryl methyl sites for hydroxylation is 1. The molecule has 0 bridgehead atoms. The third kappa shape index (κ3) is 2.26. The number of carbonyl (C=O) groups is 1. The van der Waals surface area contributed by atoms with Gasteiger partial charge in [0.2, 0.25) is 0 Å². The van der Waals surface area contributed by atoms with Crippen molar-refractivity contribution in [2.24, 2.45) is 0 Å². The first kappa shape index (κ1) is 12.7. The average molecular weight is 248 g/mol. The maximum Gasteiger partial charge on any atom is 0.273 e. The highest BCUT2D eigenvalue weighted by Gasteiger charge is 2.25. The molecule has 0 spiro atoms. The van der Waals surface area contributed by atoms with Crippen LogP contribution in [0.15, 0.2) is 12.1 Å². The molecule has 2 rings (SSSR count). The predicted molar refractivity (Wildman–Crippen MR) is 67.9 cm³/mol. The lowest BCUT2D eigenvalue weighted by Crippen LogP contribution is -2.30. The lowest BCUT2D eigenvalue weighted by atomic mass is 9.97. The van der Waals surface area contributed by atoms with Crippen LogP contribution in [-0.2, 0) is 0 Å². The summed E-state index contributed by atoms with van der Waals surface area (Å²) in [6.45, 7) is 4.33. The fourth-order valence-corrected chi connectivity index (χ4v) is 2.28. The second kappa shape index (κ2) is 4.86. The number of rotatable bonds is 3. The minimum Gasteiger partial charge on any atom is -0.307 e. The normalized spacial score (nSPS) is 18.9. The van der Waals surface area contributed by atoms with E-state index in [4.69, 9.17) is 0 Å². The molecule has 18 heavy (non-hydrogen) atoms. The molecule has 0 saturated carbocycles. The molecule has 1 aromatic rings. The van der Waals surface area contributed by atoms with Gasteiger partial charge >= 0.3 is 0 Å². The molecule has 0 aliphatic carbocycles. The van der Waals surface area contributed by atoms with Crippen LogP contribution in [0.1, 0.15) is 34.3 Å². The van der Waals surface area contributed by atoms with Crippen LogP contribution >= 0.6 is 0 Å². The molecule has 1 N–H and O–H groups in total. The van der Waals surface area contributed by atoms with Gasteiger partial charge in [0.25, 0.3) is 5.69 Å². The summed E-state index contributed by atoms with van der Waals surface area (Å²) in [6, 6.07) is 2.95. The second-order valence-electron chi connectivity index (χ2n) is 4.71. The fourth-order valence-electron chi connectivity index (χ4n) is 2.28. The van der Waals surface area contributed by atoms with Crippen molar-refractivity contribution in [1.29, 1.82) is 0 Å². The summed E-state index contributed by atoms with van der Waals surface area (Å²) in [5.41, 5.74) is 1.86. The van der Waals surface area contributed by atoms with Crippen molar-refractivity contribution in [3.63, 3.8) is 0 Å². The second-order valence-corrected chi connectivity index (χ2v) is 4.71. The van der Waals surface area contributed by atoms with Gasteiger partial charge in [-0.1, -0.05) is 0 Å². The quantitative estimate of drug-likeness (QED) is 0.505. The van der Waals surface area contributed by atoms with Gasteiger partial charge < -0.3 is 5.32 Å². The number of ketones is 1. The van der Waals surface area contributed by atoms with Crippen molar-refractivity contribution in [1.82, 2.24) is 5.32 Å². The molecular weight excluding hydrogens is 232 g/mol. The molecule has 1 atom stereocenters. The van der Waals surface area contributed by atoms with Gasteiger partial charge in [0.15, 0.2) is 5.78 Å². The SMILES string of the molecule is Cc1cc(C(=O)C2CCCN2)cc([N+](=O)[O-])c1C. The van der Waals surface area contributed by atoms with Crippen molar-refractivity contribution >= 4 is 11.5 Å². The zero-order valence-corrected chi connectivity index (χ0v) is 10.5. The number of nitrogens with zero attached hydrogens (tertiary/aromatic N) is 1. The Hall–Kier alpha value is -1.75. The Bertz CT molecular complexity index is 505. The summed E-state index contributed by atoms with van der Waals surface area (Å²) in [7, 11) is 0. The number of nitrogens with one attached hydrogen (secondary N) is 1. The zero-order chi connectivity index (χ0) is 13.3. The van der Waals surface area contributed by atoms with Gasteiger partial charge in [-0.3, -0.25) is 14.9 Å². The number of benzene rings is 1. The molecule has 1 aliphatic heterocycles. The van der Waals surface area contributed by atoms with Crippen molar-refractivity contribution in [3.05, 3.63) is 38.9 Å². The Balaban J connectivity index is 2.39. The van der Waals surface area contributed by atoms with Crippen molar-refractivity contribution in [2.75, 3.05) is 6.54 Å². The summed E-state index contributed by atoms with van der Waals surface area (Å²) in [4.78, 5) is 22.7. The van der Waals surface area contributed by atoms with E-state index in [9.17, 15) is 14.9 Å². The third-order valence-corrected chi connectivity index (χ3v) is 3.50. The van der Waals surface area contributed by atoms with E-state index in [2.05, 4.69) is 5.32 Å². The van der Waals surface area contributed by atoms with E-state index >= 15 is 0 Å². The highest BCUT2D eigenvalue weighted by atomic mass is 16.6. The van der Waals surface area contributed by atoms with Crippen LogP contribution in [0.25, 0.3) is 0 Å². The Kier molecular flexibility index (Phi) is 3.43. The van der Waals surface area contributed by atoms with Crippen molar-refractivity contribution in [2.45, 2.75) is 32.7 Å². The van der Waals surface area contributed by atoms with E-state index in [0.717, 1.165) is 24.9 Å². The third-order valence-electron chi connectivity index (χ3n) is 3.50. The number of carbonyl (C=O) groups excluding carboxylic acids is 1. The summed E-state index contributed by atoms with van der Waals surface area (Å²) < 4.78 is 0. The largest absolute Gasteiger partial charge is 0.307 e. The van der Waals surface area contributed by atoms with E-state index in [-0.39, 0.29) is 17.5 Å². The number of nitro benzene ring substituents is 1. The maximum absolute atomic E-state index is 12.2. The minimum absolute atomic E-state index is 0.0244. The van der Waals surface area contributed by atoms with Gasteiger partial charge in [-0.05, 0) is 44.9 Å². The van der Waals surface area contributed by atoms with Crippen LogP contribution in [0.2, 0.25) is 0 Å². The van der Waals surface area contributed by atoms with Crippen molar-refractivity contribution in [3.8, 4) is 0 Å². The number of hydrogen-bond donors (Lipinski definition) is 1. The highest BCUT2D eigenvalue weighted by Crippen LogP contribution is 2.25. The van der Waals surface area contributed by atoms with E-state index < -0.39 is 4.92 Å². The summed E-state index contributed by atoms with van der Waals surface area (Å²) in [5, 5.41) is 14.1. The van der Waals surface area contributed by atoms with E-state index in [1.54, 1.807) is 19.9 Å². The van der Waals surface area contributed by atoms with E-state index in [1.165, 1.54) is 6.07 Å². The number of nitro groups is 1. The van der Waals surface area contributed by atoms with Gasteiger partial charge in [-0.25, -0.2) is 0 Å². The number of hydrogen-bond acceptors (Lipinski definition) is 4. The molecular formula is C13H16N2O3. The van der Waals surface area contributed by atoms with Crippen LogP contribution in [0.5, 0.6) is 0 Å². The lowest BCUT2D eigenvalue weighted by Gasteiger charge is -2.10. The number of Topliss-reactive ketones (excluding diaryl/α,β-unsaturated/α-hetero) is 1. The molecule has 5 heteroatoms. The Morgan fingerprint density at radius 1 is 1.44 bits per heavy atom. The maximum atomic E-state index is 12.2. The van der Waals surface area contributed by atoms with Gasteiger partial charge in [-0.15, -0.1) is 0 Å². The Labute approximate surface area is 105 Å². The Morgan fingerprint density at radius 3 is 2.72 bits per heavy atom. The molecule has 96 valence electrons. The van der Waals surface area contributed by atoms with Gasteiger partial charge in [0.05, 0.1) is 11.0 Å². The molecule has 0 aromatic heterocycles. The van der Waals surface area contributed by atoms with Gasteiger partial charge in [-0.2, -0.15) is 0 Å². The fraction of sp³-hybridized carbons (Fsp3) is 0.462. The first-order chi connectivity index (χ1) is 8.50. The molecule has 1 heterocycles. The van der Waals surface area contributed by atoms with E-state index in [1.807, 2.05) is 0 Å². The smallest absolute Gasteiger partial charge is 0.273 e. The standard InChI is InChI=1S/C13H16N2O3/c1-8-6-10(7-12(9(8)2)15(17)18)13(16)11-4-3-5-14-11/h6-7,11,14H,3-5H2,1-2H3. The molecule has 1 fully saturated rings. The predicted octanol–water partition coefficient (Wildman–Crippen LogP) is 2.15. The zero-order valence-electron chi connectivity index (χ0n) is 10.5. The van der Waals surface area contributed by atoms with Crippen molar-refractivity contribution < 1.29 is 9.72 Å². The minimum atomic E-state index is -0.429. The lowest BCUT2D eigenvalue weighted by molar-refractivity contribution is -0.385. The topological polar surface area (TPSA) is 72.2 Å². The van der Waals surface area contributed by atoms with E-state index in [0.29, 0.717) is 11.1 Å². The highest BCUT2D eigenvalue weighted by molar-refractivity contribution is 6.01.